The highest BCUT2D eigenvalue weighted by atomic mass is 15.2. The van der Waals surface area contributed by atoms with Gasteiger partial charge in [0.05, 0.1) is 59.5 Å². The van der Waals surface area contributed by atoms with Crippen LogP contribution in [0, 0.1) is 17.9 Å². The summed E-state index contributed by atoms with van der Waals surface area (Å²) in [5, 5.41) is 14.9. The molecule has 4 heterocycles. The first-order chi connectivity index (χ1) is 34.9. The van der Waals surface area contributed by atoms with Crippen LogP contribution in [0.15, 0.2) is 194 Å². The summed E-state index contributed by atoms with van der Waals surface area (Å²) in [5.74, 6) is 0. The average Bonchev–Trinajstić information content (AvgIpc) is 3.92. The van der Waals surface area contributed by atoms with Crippen molar-refractivity contribution in [3.63, 3.8) is 0 Å². The highest BCUT2D eigenvalue weighted by Crippen LogP contribution is 2.50. The van der Waals surface area contributed by atoms with E-state index < -0.39 is 67.1 Å². The maximum absolute atomic E-state index is 12.0. The smallest absolute Gasteiger partial charge is 0.250 e. The van der Waals surface area contributed by atoms with Crippen molar-refractivity contribution in [3.8, 4) is 39.7 Å². The fraction of sp³-hybridized carbons (Fsp3) is 0. The fourth-order valence-corrected chi connectivity index (χ4v) is 10.1. The summed E-state index contributed by atoms with van der Waals surface area (Å²) in [5.41, 5.74) is 9.68. The Morgan fingerprint density at radius 3 is 1.81 bits per heavy atom. The van der Waals surface area contributed by atoms with Crippen LogP contribution in [0.1, 0.15) is 19.3 Å². The van der Waals surface area contributed by atoms with E-state index in [0.717, 1.165) is 49.6 Å². The van der Waals surface area contributed by atoms with Crippen LogP contribution >= 0.6 is 0 Å². The van der Waals surface area contributed by atoms with Crippen LogP contribution in [0.25, 0.3) is 82.1 Å². The van der Waals surface area contributed by atoms with E-state index in [-0.39, 0.29) is 28.1 Å². The summed E-state index contributed by atoms with van der Waals surface area (Å²) in [6.45, 7) is 8.92. The molecular weight excluding hydrogens is 753 g/mol. The second-order valence-corrected chi connectivity index (χ2v) is 15.5. The van der Waals surface area contributed by atoms with Gasteiger partial charge in [0.25, 0.3) is 6.71 Å². The maximum Gasteiger partial charge on any atom is 0.250 e. The molecule has 0 saturated heterocycles. The van der Waals surface area contributed by atoms with Crippen LogP contribution in [-0.4, -0.2) is 15.8 Å². The van der Waals surface area contributed by atoms with Crippen molar-refractivity contribution in [2.75, 3.05) is 4.90 Å². The lowest BCUT2D eigenvalue weighted by Gasteiger charge is -2.42. The summed E-state index contributed by atoms with van der Waals surface area (Å²) in [4.78, 5) is 6.56. The molecule has 13 rings (SSSR count). The van der Waals surface area contributed by atoms with E-state index in [1.165, 1.54) is 0 Å². The summed E-state index contributed by atoms with van der Waals surface area (Å²) < 4.78 is 90.5. The van der Waals surface area contributed by atoms with Crippen molar-refractivity contribution in [3.05, 3.63) is 211 Å². The molecule has 0 saturated carbocycles. The van der Waals surface area contributed by atoms with Crippen molar-refractivity contribution in [2.24, 2.45) is 0 Å². The summed E-state index contributed by atoms with van der Waals surface area (Å²) in [7, 11) is 0. The number of para-hydroxylation sites is 4. The van der Waals surface area contributed by atoms with E-state index in [4.69, 9.17) is 13.7 Å². The average molecular weight is 796 g/mol. The van der Waals surface area contributed by atoms with Gasteiger partial charge in [-0.05, 0) is 87.2 Å². The van der Waals surface area contributed by atoms with Crippen molar-refractivity contribution < 1.29 is 13.7 Å². The van der Waals surface area contributed by atoms with Crippen molar-refractivity contribution in [1.82, 2.24) is 9.13 Å². The topological polar surface area (TPSA) is 41.2 Å². The van der Waals surface area contributed by atoms with Crippen molar-refractivity contribution in [2.45, 2.75) is 0 Å². The molecule has 2 aliphatic rings. The van der Waals surface area contributed by atoms with Gasteiger partial charge in [-0.3, -0.25) is 0 Å². The van der Waals surface area contributed by atoms with Gasteiger partial charge in [-0.2, -0.15) is 5.26 Å². The molecule has 0 fully saturated rings. The number of benzene rings is 9. The molecule has 62 heavy (non-hydrogen) atoms. The molecule has 2 aromatic heterocycles. The number of aromatic nitrogens is 2. The minimum Gasteiger partial charge on any atom is -0.320 e. The molecule has 0 spiro atoms. The Morgan fingerprint density at radius 1 is 0.532 bits per heavy atom. The third kappa shape index (κ3) is 4.56. The normalized spacial score (nSPS) is 14.7. The highest BCUT2D eigenvalue weighted by Gasteiger charge is 2.45. The fourth-order valence-electron chi connectivity index (χ4n) is 10.1. The van der Waals surface area contributed by atoms with E-state index in [9.17, 15) is 11.8 Å². The van der Waals surface area contributed by atoms with E-state index in [1.54, 1.807) is 36.4 Å². The first-order valence-electron chi connectivity index (χ1n) is 25.1. The van der Waals surface area contributed by atoms with Gasteiger partial charge < -0.3 is 14.0 Å². The van der Waals surface area contributed by atoms with Gasteiger partial charge in [0.15, 0.2) is 0 Å². The molecule has 5 nitrogen and oxygen atoms in total. The number of rotatable bonds is 4. The Morgan fingerprint density at radius 2 is 1.13 bits per heavy atom. The number of fused-ring (bicyclic) bond motifs is 10. The van der Waals surface area contributed by atoms with Gasteiger partial charge in [-0.15, -0.1) is 0 Å². The van der Waals surface area contributed by atoms with Gasteiger partial charge in [0.2, 0.25) is 5.69 Å². The minimum absolute atomic E-state index is 0.0336. The minimum atomic E-state index is -0.536. The predicted octanol–water partition coefficient (Wildman–Crippen LogP) is 12.3. The molecule has 0 N–H and O–H groups in total. The Hall–Kier alpha value is -8.58. The molecule has 0 unspecified atom stereocenters. The van der Waals surface area contributed by atoms with Crippen LogP contribution in [0.2, 0.25) is 0 Å². The molecule has 284 valence electrons. The lowest BCUT2D eigenvalue weighted by atomic mass is 9.33. The molecule has 0 bridgehead atoms. The summed E-state index contributed by atoms with van der Waals surface area (Å²) in [6.07, 6.45) is 0. The van der Waals surface area contributed by atoms with Gasteiger partial charge in [0, 0.05) is 38.4 Å². The number of hydrogen-bond acceptors (Lipinski definition) is 2. The zero-order valence-corrected chi connectivity index (χ0v) is 32.5. The Balaban J connectivity index is 1.24. The first-order valence-corrected chi connectivity index (χ1v) is 20.1. The zero-order valence-electron chi connectivity index (χ0n) is 42.5. The number of nitriles is 1. The van der Waals surface area contributed by atoms with Crippen molar-refractivity contribution >= 4 is 89.5 Å². The van der Waals surface area contributed by atoms with Gasteiger partial charge in [0.1, 0.15) is 6.07 Å². The summed E-state index contributed by atoms with van der Waals surface area (Å²) >= 11 is 0. The number of hydrogen-bond donors (Lipinski definition) is 0. The third-order valence-corrected chi connectivity index (χ3v) is 12.5. The Bertz CT molecular complexity index is 4210. The van der Waals surface area contributed by atoms with E-state index >= 15 is 0 Å². The van der Waals surface area contributed by atoms with Crippen LogP contribution in [0.4, 0.5) is 22.7 Å². The SMILES string of the molecule is [2H]c1c([2H])c([2H])c(-c2ccc3c(c2)c2cc(-c4c([2H])c([2H])c([2H])c([2H])c4[2H])ccc2n3-c2c(C#N)c3c4c(c2[N+]#[C-])-n2c5ccccc5c5cccc(c52)B4c2ccccc2N3c2ccccc2)c([2H])c1[2H]. The molecule has 0 atom stereocenters. The third-order valence-electron chi connectivity index (χ3n) is 12.5. The lowest BCUT2D eigenvalue weighted by molar-refractivity contribution is 1.13. The Kier molecular flexibility index (Phi) is 5.40. The van der Waals surface area contributed by atoms with Gasteiger partial charge >= 0.3 is 0 Å². The molecule has 2 aliphatic heterocycles. The zero-order chi connectivity index (χ0) is 49.8. The second-order valence-electron chi connectivity index (χ2n) is 15.5. The molecule has 6 heteroatoms. The van der Waals surface area contributed by atoms with E-state index in [1.807, 2.05) is 65.2 Å². The standard InChI is InChI=1S/C56H32BN5/c1-59-52-55(61-48-30-28-37(35-16-5-2-6-17-35)32-42(48)43-33-38(29-31-49(43)61)36-18-7-3-8-19-36)44(34-58)54-51-56(52)62-47-26-13-11-22-40(47)41-23-15-25-46(53(41)62)57(51)45-24-12-14-27-50(45)60(54)39-20-9-4-10-21-39/h2-33H/i2D,3D,5D,6D,7D,8D,16D,17D,18D,19D. The maximum atomic E-state index is 12.0. The molecule has 9 aromatic carbocycles. The van der Waals surface area contributed by atoms with Crippen LogP contribution < -0.4 is 21.3 Å². The lowest BCUT2D eigenvalue weighted by Crippen LogP contribution is -2.60. The molecule has 0 amide bonds. The molecule has 0 aliphatic carbocycles. The second kappa shape index (κ2) is 13.0. The highest BCUT2D eigenvalue weighted by molar-refractivity contribution is 7.00. The molecule has 0 radical (unpaired) electrons. The monoisotopic (exact) mass is 795 g/mol. The van der Waals surface area contributed by atoms with Crippen LogP contribution in [-0.2, 0) is 0 Å². The molecule has 11 aromatic rings. The van der Waals surface area contributed by atoms with Crippen molar-refractivity contribution in [1.29, 1.82) is 5.26 Å². The van der Waals surface area contributed by atoms with E-state index in [2.05, 4.69) is 56.8 Å². The quantitative estimate of drug-likeness (QED) is 0.131. The van der Waals surface area contributed by atoms with Crippen LogP contribution in [0.3, 0.4) is 0 Å². The Labute approximate surface area is 372 Å². The summed E-state index contributed by atoms with van der Waals surface area (Å²) in [6, 6.07) is 40.6. The van der Waals surface area contributed by atoms with Gasteiger partial charge in [-0.1, -0.05) is 145 Å². The number of nitrogens with zero attached hydrogens (tertiary/aromatic N) is 5. The predicted molar refractivity (Wildman–Crippen MR) is 256 cm³/mol. The molecular formula is C56H32BN5. The number of anilines is 3. The largest absolute Gasteiger partial charge is 0.320 e. The van der Waals surface area contributed by atoms with Gasteiger partial charge in [-0.25, -0.2) is 4.85 Å². The first kappa shape index (κ1) is 25.8. The van der Waals surface area contributed by atoms with Crippen LogP contribution in [0.5, 0.6) is 0 Å². The van der Waals surface area contributed by atoms with E-state index in [0.29, 0.717) is 44.3 Å².